The summed E-state index contributed by atoms with van der Waals surface area (Å²) < 4.78 is 5.48. The van der Waals surface area contributed by atoms with E-state index in [9.17, 15) is 0 Å². The molecule has 0 aliphatic rings. The van der Waals surface area contributed by atoms with Crippen molar-refractivity contribution >= 4 is 0 Å². The lowest BCUT2D eigenvalue weighted by molar-refractivity contribution is 0.427. The van der Waals surface area contributed by atoms with Gasteiger partial charge in [0, 0.05) is 13.5 Å². The topological polar surface area (TPSA) is 64.9 Å². The van der Waals surface area contributed by atoms with E-state index in [1.165, 1.54) is 11.1 Å². The van der Waals surface area contributed by atoms with E-state index in [4.69, 9.17) is 10.2 Å². The third kappa shape index (κ3) is 3.45. The lowest BCUT2D eigenvalue weighted by atomic mass is 9.86. The predicted molar refractivity (Wildman–Crippen MR) is 79.7 cm³/mol. The van der Waals surface area contributed by atoms with Crippen LogP contribution in [0.1, 0.15) is 49.6 Å². The van der Waals surface area contributed by atoms with Gasteiger partial charge in [0.25, 0.3) is 0 Å². The average Bonchev–Trinajstić information content (AvgIpc) is 2.82. The van der Waals surface area contributed by atoms with Gasteiger partial charge in [-0.15, -0.1) is 10.2 Å². The van der Waals surface area contributed by atoms with Crippen LogP contribution >= 0.6 is 0 Å². The molecular weight excluding hydrogens is 250 g/mol. The van der Waals surface area contributed by atoms with Gasteiger partial charge in [0.2, 0.25) is 11.8 Å². The summed E-state index contributed by atoms with van der Waals surface area (Å²) >= 11 is 0. The lowest BCUT2D eigenvalue weighted by Crippen LogP contribution is -2.16. The fourth-order valence-corrected chi connectivity index (χ4v) is 2.17. The van der Waals surface area contributed by atoms with Crippen LogP contribution in [0.2, 0.25) is 0 Å². The fourth-order valence-electron chi connectivity index (χ4n) is 2.17. The molecule has 0 aliphatic heterocycles. The van der Waals surface area contributed by atoms with Crippen molar-refractivity contribution in [2.45, 2.75) is 45.4 Å². The van der Waals surface area contributed by atoms with Crippen LogP contribution in [0.15, 0.2) is 28.7 Å². The molecule has 0 fully saturated rings. The molecule has 0 aliphatic carbocycles. The minimum absolute atomic E-state index is 0.0803. The van der Waals surface area contributed by atoms with Gasteiger partial charge in [0.1, 0.15) is 0 Å². The van der Waals surface area contributed by atoms with Crippen LogP contribution in [0.3, 0.4) is 0 Å². The van der Waals surface area contributed by atoms with Crippen LogP contribution in [0.4, 0.5) is 0 Å². The Morgan fingerprint density at radius 2 is 1.80 bits per heavy atom. The largest absolute Gasteiger partial charge is 0.425 e. The summed E-state index contributed by atoms with van der Waals surface area (Å²) in [6.45, 7) is 8.94. The molecule has 20 heavy (non-hydrogen) atoms. The number of benzene rings is 1. The molecule has 4 nitrogen and oxygen atoms in total. The zero-order valence-electron chi connectivity index (χ0n) is 12.7. The van der Waals surface area contributed by atoms with Crippen molar-refractivity contribution < 1.29 is 4.42 Å². The molecule has 1 heterocycles. The summed E-state index contributed by atoms with van der Waals surface area (Å²) in [7, 11) is 0. The van der Waals surface area contributed by atoms with Gasteiger partial charge in [-0.25, -0.2) is 0 Å². The van der Waals surface area contributed by atoms with Crippen LogP contribution in [0.25, 0.3) is 0 Å². The number of aryl methyl sites for hydroxylation is 1. The van der Waals surface area contributed by atoms with Crippen LogP contribution in [-0.2, 0) is 11.8 Å². The van der Waals surface area contributed by atoms with E-state index in [1.54, 1.807) is 6.92 Å². The van der Waals surface area contributed by atoms with E-state index in [-0.39, 0.29) is 11.3 Å². The summed E-state index contributed by atoms with van der Waals surface area (Å²) in [6, 6.07) is 8.68. The second-order valence-electron chi connectivity index (χ2n) is 6.24. The Morgan fingerprint density at radius 1 is 1.15 bits per heavy atom. The first-order chi connectivity index (χ1) is 9.40. The third-order valence-electron chi connectivity index (χ3n) is 3.48. The molecule has 0 saturated carbocycles. The normalized spacial score (nSPS) is 13.4. The molecule has 108 valence electrons. The molecule has 0 saturated heterocycles. The van der Waals surface area contributed by atoms with E-state index >= 15 is 0 Å². The Kier molecular flexibility index (Phi) is 4.23. The molecule has 1 aromatic heterocycles. The molecule has 2 rings (SSSR count). The number of hydrogen-bond acceptors (Lipinski definition) is 4. The van der Waals surface area contributed by atoms with E-state index < -0.39 is 0 Å². The minimum atomic E-state index is 0.0803. The quantitative estimate of drug-likeness (QED) is 0.930. The van der Waals surface area contributed by atoms with Gasteiger partial charge in [0.05, 0.1) is 5.92 Å². The highest BCUT2D eigenvalue weighted by molar-refractivity contribution is 5.28. The van der Waals surface area contributed by atoms with Gasteiger partial charge in [-0.05, 0) is 23.0 Å². The minimum Gasteiger partial charge on any atom is -0.425 e. The molecule has 0 bridgehead atoms. The highest BCUT2D eigenvalue weighted by Crippen LogP contribution is 2.24. The first kappa shape index (κ1) is 14.7. The van der Waals surface area contributed by atoms with Gasteiger partial charge in [0.15, 0.2) is 0 Å². The van der Waals surface area contributed by atoms with Crippen molar-refractivity contribution in [2.24, 2.45) is 5.73 Å². The molecular formula is C16H23N3O. The van der Waals surface area contributed by atoms with Gasteiger partial charge in [-0.1, -0.05) is 45.0 Å². The number of rotatable bonds is 4. The Balaban J connectivity index is 2.12. The van der Waals surface area contributed by atoms with Crippen LogP contribution in [0.5, 0.6) is 0 Å². The highest BCUT2D eigenvalue weighted by atomic mass is 16.4. The number of hydrogen-bond donors (Lipinski definition) is 1. The summed E-state index contributed by atoms with van der Waals surface area (Å²) in [5.41, 5.74) is 8.58. The van der Waals surface area contributed by atoms with Crippen LogP contribution in [0, 0.1) is 6.92 Å². The molecule has 0 radical (unpaired) electrons. The SMILES string of the molecule is Cc1nnc(C(CN)Cc2ccc(C(C)(C)C)cc2)o1. The van der Waals surface area contributed by atoms with Crippen molar-refractivity contribution in [1.29, 1.82) is 0 Å². The van der Waals surface area contributed by atoms with E-state index in [0.29, 0.717) is 18.3 Å². The summed E-state index contributed by atoms with van der Waals surface area (Å²) in [5, 5.41) is 7.94. The Hall–Kier alpha value is -1.68. The molecule has 0 amide bonds. The molecule has 2 aromatic rings. The maximum Gasteiger partial charge on any atom is 0.221 e. The Labute approximate surface area is 120 Å². The van der Waals surface area contributed by atoms with Crippen molar-refractivity contribution in [3.05, 3.63) is 47.2 Å². The van der Waals surface area contributed by atoms with E-state index in [1.807, 2.05) is 0 Å². The van der Waals surface area contributed by atoms with Gasteiger partial charge >= 0.3 is 0 Å². The summed E-state index contributed by atoms with van der Waals surface area (Å²) in [6.07, 6.45) is 0.822. The summed E-state index contributed by atoms with van der Waals surface area (Å²) in [5.74, 6) is 1.29. The van der Waals surface area contributed by atoms with Crippen LogP contribution in [-0.4, -0.2) is 16.7 Å². The number of aromatic nitrogens is 2. The first-order valence-corrected chi connectivity index (χ1v) is 6.99. The maximum atomic E-state index is 5.83. The van der Waals surface area contributed by atoms with E-state index in [2.05, 4.69) is 55.2 Å². The monoisotopic (exact) mass is 273 g/mol. The smallest absolute Gasteiger partial charge is 0.221 e. The molecule has 2 N–H and O–H groups in total. The average molecular weight is 273 g/mol. The second-order valence-corrected chi connectivity index (χ2v) is 6.24. The molecule has 1 unspecified atom stereocenters. The first-order valence-electron chi connectivity index (χ1n) is 6.99. The Morgan fingerprint density at radius 3 is 2.25 bits per heavy atom. The Bertz CT molecular complexity index is 552. The second kappa shape index (κ2) is 5.75. The maximum absolute atomic E-state index is 5.83. The van der Waals surface area contributed by atoms with Crippen molar-refractivity contribution in [3.63, 3.8) is 0 Å². The van der Waals surface area contributed by atoms with Crippen LogP contribution < -0.4 is 5.73 Å². The lowest BCUT2D eigenvalue weighted by Gasteiger charge is -2.19. The molecule has 1 atom stereocenters. The van der Waals surface area contributed by atoms with Crippen molar-refractivity contribution in [2.75, 3.05) is 6.54 Å². The fraction of sp³-hybridized carbons (Fsp3) is 0.500. The van der Waals surface area contributed by atoms with Gasteiger partial charge in [-0.3, -0.25) is 0 Å². The molecule has 4 heteroatoms. The van der Waals surface area contributed by atoms with E-state index in [0.717, 1.165) is 6.42 Å². The summed E-state index contributed by atoms with van der Waals surface area (Å²) in [4.78, 5) is 0. The molecule has 0 spiro atoms. The van der Waals surface area contributed by atoms with Gasteiger partial charge < -0.3 is 10.2 Å². The molecule has 1 aromatic carbocycles. The number of nitrogens with two attached hydrogens (primary N) is 1. The standard InChI is InChI=1S/C16H23N3O/c1-11-18-19-15(20-11)13(10-17)9-12-5-7-14(8-6-12)16(2,3)4/h5-8,13H,9-10,17H2,1-4H3. The third-order valence-corrected chi connectivity index (χ3v) is 3.48. The zero-order chi connectivity index (χ0) is 14.8. The number of nitrogens with zero attached hydrogens (tertiary/aromatic N) is 2. The predicted octanol–water partition coefficient (Wildman–Crippen LogP) is 2.96. The van der Waals surface area contributed by atoms with Crippen molar-refractivity contribution in [3.8, 4) is 0 Å². The zero-order valence-corrected chi connectivity index (χ0v) is 12.7. The van der Waals surface area contributed by atoms with Crippen molar-refractivity contribution in [1.82, 2.24) is 10.2 Å². The van der Waals surface area contributed by atoms with Gasteiger partial charge in [-0.2, -0.15) is 0 Å². The highest BCUT2D eigenvalue weighted by Gasteiger charge is 2.18.